The van der Waals surface area contributed by atoms with Gasteiger partial charge >= 0.3 is 6.03 Å². The van der Waals surface area contributed by atoms with Crippen LogP contribution in [-0.4, -0.2) is 56.4 Å². The van der Waals surface area contributed by atoms with E-state index in [1.54, 1.807) is 12.1 Å². The molecule has 0 aromatic heterocycles. The van der Waals surface area contributed by atoms with Gasteiger partial charge in [-0.3, -0.25) is 4.90 Å². The molecule has 1 aliphatic heterocycles. The van der Waals surface area contributed by atoms with Gasteiger partial charge in [-0.25, -0.2) is 9.18 Å². The first kappa shape index (κ1) is 21.6. The summed E-state index contributed by atoms with van der Waals surface area (Å²) in [5, 5.41) is 5.90. The summed E-state index contributed by atoms with van der Waals surface area (Å²) in [4.78, 5) is 14.7. The highest BCUT2D eigenvalue weighted by molar-refractivity contribution is 5.74. The van der Waals surface area contributed by atoms with Gasteiger partial charge in [-0.2, -0.15) is 0 Å². The molecule has 0 radical (unpaired) electrons. The number of hydrogen-bond donors (Lipinski definition) is 2. The molecule has 0 aliphatic carbocycles. The minimum absolute atomic E-state index is 0.207. The lowest BCUT2D eigenvalue weighted by molar-refractivity contribution is 0.0129. The van der Waals surface area contributed by atoms with Crippen molar-refractivity contribution in [3.63, 3.8) is 0 Å². The molecule has 152 valence electrons. The Labute approximate surface area is 162 Å². The number of rotatable bonds is 8. The Balaban J connectivity index is 1.85. The number of morpholine rings is 1. The van der Waals surface area contributed by atoms with Crippen LogP contribution in [0.4, 0.5) is 9.18 Å². The van der Waals surface area contributed by atoms with Crippen LogP contribution >= 0.6 is 0 Å². The maximum atomic E-state index is 14.0. The lowest BCUT2D eigenvalue weighted by atomic mass is 9.84. The van der Waals surface area contributed by atoms with E-state index in [1.165, 1.54) is 6.07 Å². The van der Waals surface area contributed by atoms with Gasteiger partial charge in [-0.1, -0.05) is 45.9 Å². The third-order valence-electron chi connectivity index (χ3n) is 5.10. The van der Waals surface area contributed by atoms with Crippen LogP contribution in [0.5, 0.6) is 0 Å². The maximum absolute atomic E-state index is 14.0. The first-order valence-electron chi connectivity index (χ1n) is 9.88. The largest absolute Gasteiger partial charge is 0.379 e. The molecule has 5 nitrogen and oxygen atoms in total. The smallest absolute Gasteiger partial charge is 0.314 e. The number of carbonyl (C=O) groups is 1. The normalized spacial score (nSPS) is 17.0. The molecule has 6 heteroatoms. The van der Waals surface area contributed by atoms with Crippen molar-refractivity contribution in [2.45, 2.75) is 45.6 Å². The van der Waals surface area contributed by atoms with Gasteiger partial charge in [-0.05, 0) is 24.0 Å². The van der Waals surface area contributed by atoms with E-state index in [-0.39, 0.29) is 11.8 Å². The van der Waals surface area contributed by atoms with Crippen LogP contribution in [0, 0.1) is 11.7 Å². The van der Waals surface area contributed by atoms with Crippen molar-refractivity contribution in [3.05, 3.63) is 35.6 Å². The lowest BCUT2D eigenvalue weighted by Crippen LogP contribution is -2.51. The zero-order valence-corrected chi connectivity index (χ0v) is 17.1. The Morgan fingerprint density at radius 2 is 1.89 bits per heavy atom. The van der Waals surface area contributed by atoms with Crippen molar-refractivity contribution >= 4 is 6.03 Å². The summed E-state index contributed by atoms with van der Waals surface area (Å²) in [7, 11) is 0. The highest BCUT2D eigenvalue weighted by Gasteiger charge is 2.25. The Hall–Kier alpha value is -1.66. The minimum atomic E-state index is -0.482. The summed E-state index contributed by atoms with van der Waals surface area (Å²) in [5.41, 5.74) is 0.126. The lowest BCUT2D eigenvalue weighted by Gasteiger charge is -2.35. The molecule has 1 atom stereocenters. The Morgan fingerprint density at radius 3 is 2.52 bits per heavy atom. The van der Waals surface area contributed by atoms with Gasteiger partial charge in [0.05, 0.1) is 13.2 Å². The zero-order chi connectivity index (χ0) is 19.9. The number of ether oxygens (including phenoxy) is 1. The van der Waals surface area contributed by atoms with Crippen LogP contribution < -0.4 is 10.6 Å². The number of urea groups is 1. The highest BCUT2D eigenvalue weighted by atomic mass is 19.1. The van der Waals surface area contributed by atoms with Gasteiger partial charge in [0.1, 0.15) is 5.82 Å². The number of nitrogens with zero attached hydrogens (tertiary/aromatic N) is 1. The summed E-state index contributed by atoms with van der Waals surface area (Å²) >= 11 is 0. The molecule has 1 saturated heterocycles. The van der Waals surface area contributed by atoms with E-state index in [1.807, 2.05) is 19.9 Å². The Morgan fingerprint density at radius 1 is 1.22 bits per heavy atom. The Bertz CT molecular complexity index is 601. The second-order valence-electron chi connectivity index (χ2n) is 8.36. The van der Waals surface area contributed by atoms with E-state index in [0.29, 0.717) is 30.6 Å². The number of carbonyl (C=O) groups excluding carboxylic acids is 1. The number of amides is 2. The molecule has 27 heavy (non-hydrogen) atoms. The second kappa shape index (κ2) is 10.0. The SMILES string of the molecule is CC(C)CC(CNC(=O)NCC(C)(C)c1ccccc1F)N1CCOCC1. The Kier molecular flexibility index (Phi) is 8.05. The average Bonchev–Trinajstić information content (AvgIpc) is 2.64. The molecule has 2 amide bonds. The molecule has 1 aromatic rings. The third kappa shape index (κ3) is 6.78. The molecular formula is C21H34FN3O2. The molecule has 1 aromatic carbocycles. The molecule has 1 heterocycles. The van der Waals surface area contributed by atoms with Crippen molar-refractivity contribution < 1.29 is 13.9 Å². The zero-order valence-electron chi connectivity index (χ0n) is 17.1. The summed E-state index contributed by atoms with van der Waals surface area (Å²) in [6, 6.07) is 6.82. The fourth-order valence-electron chi connectivity index (χ4n) is 3.53. The van der Waals surface area contributed by atoms with Gasteiger partial charge in [0.2, 0.25) is 0 Å². The molecular weight excluding hydrogens is 345 g/mol. The molecule has 1 aliphatic rings. The van der Waals surface area contributed by atoms with E-state index in [9.17, 15) is 9.18 Å². The van der Waals surface area contributed by atoms with Crippen LogP contribution in [0.3, 0.4) is 0 Å². The quantitative estimate of drug-likeness (QED) is 0.730. The third-order valence-corrected chi connectivity index (χ3v) is 5.10. The van der Waals surface area contributed by atoms with Crippen molar-refractivity contribution in [3.8, 4) is 0 Å². The second-order valence-corrected chi connectivity index (χ2v) is 8.36. The highest BCUT2D eigenvalue weighted by Crippen LogP contribution is 2.24. The summed E-state index contributed by atoms with van der Waals surface area (Å²) in [6.07, 6.45) is 1.03. The van der Waals surface area contributed by atoms with Crippen molar-refractivity contribution in [1.29, 1.82) is 0 Å². The van der Waals surface area contributed by atoms with E-state index < -0.39 is 5.41 Å². The molecule has 1 fully saturated rings. The fraction of sp³-hybridized carbons (Fsp3) is 0.667. The summed E-state index contributed by atoms with van der Waals surface area (Å²) in [5.74, 6) is 0.316. The topological polar surface area (TPSA) is 53.6 Å². The average molecular weight is 380 g/mol. The van der Waals surface area contributed by atoms with Crippen LogP contribution in [-0.2, 0) is 10.2 Å². The van der Waals surface area contributed by atoms with Crippen molar-refractivity contribution in [2.75, 3.05) is 39.4 Å². The predicted octanol–water partition coefficient (Wildman–Crippen LogP) is 3.15. The van der Waals surface area contributed by atoms with Gasteiger partial charge < -0.3 is 15.4 Å². The summed E-state index contributed by atoms with van der Waals surface area (Å²) < 4.78 is 19.5. The summed E-state index contributed by atoms with van der Waals surface area (Å²) in [6.45, 7) is 12.5. The van der Waals surface area contributed by atoms with Crippen LogP contribution in [0.25, 0.3) is 0 Å². The molecule has 0 spiro atoms. The molecule has 0 saturated carbocycles. The number of halogens is 1. The van der Waals surface area contributed by atoms with Crippen molar-refractivity contribution in [2.24, 2.45) is 5.92 Å². The number of nitrogens with one attached hydrogen (secondary N) is 2. The fourth-order valence-corrected chi connectivity index (χ4v) is 3.53. The van der Waals surface area contributed by atoms with Crippen LogP contribution in [0.2, 0.25) is 0 Å². The standard InChI is InChI=1S/C21H34FN3O2/c1-16(2)13-17(25-9-11-27-12-10-25)14-23-20(26)24-15-21(3,4)18-7-5-6-8-19(18)22/h5-8,16-17H,9-15H2,1-4H3,(H2,23,24,26). The molecule has 2 rings (SSSR count). The van der Waals surface area contributed by atoms with Crippen molar-refractivity contribution in [1.82, 2.24) is 15.5 Å². The van der Waals surface area contributed by atoms with E-state index >= 15 is 0 Å². The van der Waals surface area contributed by atoms with E-state index in [2.05, 4.69) is 29.4 Å². The van der Waals surface area contributed by atoms with Gasteiger partial charge in [0.15, 0.2) is 0 Å². The van der Waals surface area contributed by atoms with Crippen LogP contribution in [0.1, 0.15) is 39.7 Å². The van der Waals surface area contributed by atoms with Gasteiger partial charge in [0.25, 0.3) is 0 Å². The van der Waals surface area contributed by atoms with Gasteiger partial charge in [0, 0.05) is 37.6 Å². The molecule has 1 unspecified atom stereocenters. The molecule has 0 bridgehead atoms. The molecule has 2 N–H and O–H groups in total. The maximum Gasteiger partial charge on any atom is 0.314 e. The van der Waals surface area contributed by atoms with Crippen LogP contribution in [0.15, 0.2) is 24.3 Å². The number of hydrogen-bond acceptors (Lipinski definition) is 3. The van der Waals surface area contributed by atoms with E-state index in [0.717, 1.165) is 32.7 Å². The monoisotopic (exact) mass is 379 g/mol. The number of benzene rings is 1. The predicted molar refractivity (Wildman–Crippen MR) is 106 cm³/mol. The first-order chi connectivity index (χ1) is 12.8. The first-order valence-corrected chi connectivity index (χ1v) is 9.88. The minimum Gasteiger partial charge on any atom is -0.379 e. The van der Waals surface area contributed by atoms with Gasteiger partial charge in [-0.15, -0.1) is 0 Å². The van der Waals surface area contributed by atoms with E-state index in [4.69, 9.17) is 4.74 Å².